The molecular formula is C14H18N2O2. The SMILES string of the molecule is CCNC(C)c1cccc(OCc2cnoc2)c1. The molecule has 0 fully saturated rings. The van der Waals surface area contributed by atoms with Crippen LogP contribution in [0, 0.1) is 0 Å². The zero-order valence-corrected chi connectivity index (χ0v) is 10.7. The van der Waals surface area contributed by atoms with E-state index in [0.29, 0.717) is 12.6 Å². The minimum atomic E-state index is 0.328. The maximum Gasteiger partial charge on any atom is 0.130 e. The smallest absolute Gasteiger partial charge is 0.130 e. The lowest BCUT2D eigenvalue weighted by Crippen LogP contribution is -2.17. The van der Waals surface area contributed by atoms with Gasteiger partial charge in [-0.2, -0.15) is 0 Å². The molecule has 0 radical (unpaired) electrons. The third-order valence-electron chi connectivity index (χ3n) is 2.76. The highest BCUT2D eigenvalue weighted by Crippen LogP contribution is 2.19. The summed E-state index contributed by atoms with van der Waals surface area (Å²) >= 11 is 0. The predicted molar refractivity (Wildman–Crippen MR) is 69.4 cm³/mol. The van der Waals surface area contributed by atoms with Gasteiger partial charge in [-0.25, -0.2) is 0 Å². The average Bonchev–Trinajstić information content (AvgIpc) is 2.90. The molecule has 1 unspecified atom stereocenters. The highest BCUT2D eigenvalue weighted by atomic mass is 16.5. The summed E-state index contributed by atoms with van der Waals surface area (Å²) in [5.41, 5.74) is 2.15. The van der Waals surface area contributed by atoms with Crippen LogP contribution in [0.5, 0.6) is 5.75 Å². The van der Waals surface area contributed by atoms with Crippen molar-refractivity contribution in [2.24, 2.45) is 0 Å². The summed E-state index contributed by atoms with van der Waals surface area (Å²) in [6.45, 7) is 5.67. The molecule has 4 heteroatoms. The Morgan fingerprint density at radius 2 is 2.33 bits per heavy atom. The van der Waals surface area contributed by atoms with Crippen molar-refractivity contribution in [1.82, 2.24) is 10.5 Å². The van der Waals surface area contributed by atoms with E-state index in [1.165, 1.54) is 5.56 Å². The highest BCUT2D eigenvalue weighted by molar-refractivity contribution is 5.30. The lowest BCUT2D eigenvalue weighted by Gasteiger charge is -2.14. The third kappa shape index (κ3) is 3.34. The maximum absolute atomic E-state index is 5.69. The molecule has 0 spiro atoms. The Kier molecular flexibility index (Phi) is 4.36. The van der Waals surface area contributed by atoms with Gasteiger partial charge in [-0.1, -0.05) is 24.2 Å². The van der Waals surface area contributed by atoms with E-state index in [0.717, 1.165) is 17.9 Å². The monoisotopic (exact) mass is 246 g/mol. The summed E-state index contributed by atoms with van der Waals surface area (Å²) in [7, 11) is 0. The van der Waals surface area contributed by atoms with Gasteiger partial charge >= 0.3 is 0 Å². The molecule has 0 saturated carbocycles. The van der Waals surface area contributed by atoms with Crippen molar-refractivity contribution in [3.8, 4) is 5.75 Å². The molecular weight excluding hydrogens is 228 g/mol. The standard InChI is InChI=1S/C14H18N2O2/c1-3-15-11(2)13-5-4-6-14(7-13)17-9-12-8-16-18-10-12/h4-8,10-11,15H,3,9H2,1-2H3. The second-order valence-corrected chi connectivity index (χ2v) is 4.17. The van der Waals surface area contributed by atoms with Crippen LogP contribution in [0.15, 0.2) is 41.2 Å². The summed E-state index contributed by atoms with van der Waals surface area (Å²) in [5, 5.41) is 7.02. The molecule has 0 aliphatic carbocycles. The van der Waals surface area contributed by atoms with Gasteiger partial charge in [0.25, 0.3) is 0 Å². The van der Waals surface area contributed by atoms with Gasteiger partial charge in [-0.05, 0) is 31.2 Å². The molecule has 0 bridgehead atoms. The topological polar surface area (TPSA) is 47.3 Å². The van der Waals surface area contributed by atoms with Crippen molar-refractivity contribution in [1.29, 1.82) is 0 Å². The molecule has 0 saturated heterocycles. The normalized spacial score (nSPS) is 12.3. The summed E-state index contributed by atoms with van der Waals surface area (Å²) in [6, 6.07) is 8.44. The zero-order chi connectivity index (χ0) is 12.8. The number of nitrogens with one attached hydrogen (secondary N) is 1. The van der Waals surface area contributed by atoms with Crippen LogP contribution < -0.4 is 10.1 Å². The van der Waals surface area contributed by atoms with Crippen LogP contribution in [0.4, 0.5) is 0 Å². The van der Waals surface area contributed by atoms with Gasteiger partial charge in [-0.3, -0.25) is 0 Å². The Morgan fingerprint density at radius 1 is 1.44 bits per heavy atom. The van der Waals surface area contributed by atoms with Crippen LogP contribution in [-0.4, -0.2) is 11.7 Å². The minimum absolute atomic E-state index is 0.328. The van der Waals surface area contributed by atoms with Crippen molar-refractivity contribution in [3.05, 3.63) is 47.9 Å². The van der Waals surface area contributed by atoms with Crippen LogP contribution in [-0.2, 0) is 6.61 Å². The van der Waals surface area contributed by atoms with E-state index < -0.39 is 0 Å². The number of rotatable bonds is 6. The first-order valence-electron chi connectivity index (χ1n) is 6.14. The summed E-state index contributed by atoms with van der Waals surface area (Å²) < 4.78 is 10.4. The van der Waals surface area contributed by atoms with E-state index in [9.17, 15) is 0 Å². The van der Waals surface area contributed by atoms with Gasteiger partial charge in [0.2, 0.25) is 0 Å². The number of hydrogen-bond acceptors (Lipinski definition) is 4. The molecule has 0 aliphatic rings. The Balaban J connectivity index is 1.98. The van der Waals surface area contributed by atoms with Crippen LogP contribution in [0.25, 0.3) is 0 Å². The van der Waals surface area contributed by atoms with Crippen LogP contribution in [0.1, 0.15) is 31.0 Å². The number of hydrogen-bond donors (Lipinski definition) is 1. The molecule has 0 amide bonds. The number of ether oxygens (including phenoxy) is 1. The Morgan fingerprint density at radius 3 is 3.06 bits per heavy atom. The Bertz CT molecular complexity index is 468. The molecule has 2 rings (SSSR count). The highest BCUT2D eigenvalue weighted by Gasteiger charge is 2.05. The molecule has 1 atom stereocenters. The van der Waals surface area contributed by atoms with Crippen molar-refractivity contribution < 1.29 is 9.26 Å². The molecule has 18 heavy (non-hydrogen) atoms. The van der Waals surface area contributed by atoms with E-state index in [2.05, 4.69) is 36.5 Å². The molecule has 2 aromatic rings. The molecule has 4 nitrogen and oxygen atoms in total. The summed E-state index contributed by atoms with van der Waals surface area (Å²) in [4.78, 5) is 0. The maximum atomic E-state index is 5.69. The molecule has 1 aromatic heterocycles. The average molecular weight is 246 g/mol. The van der Waals surface area contributed by atoms with E-state index >= 15 is 0 Å². The Labute approximate surface area is 107 Å². The zero-order valence-electron chi connectivity index (χ0n) is 10.7. The first-order valence-corrected chi connectivity index (χ1v) is 6.14. The fraction of sp³-hybridized carbons (Fsp3) is 0.357. The van der Waals surface area contributed by atoms with E-state index in [-0.39, 0.29) is 0 Å². The van der Waals surface area contributed by atoms with Gasteiger partial charge in [-0.15, -0.1) is 0 Å². The van der Waals surface area contributed by atoms with Crippen molar-refractivity contribution >= 4 is 0 Å². The van der Waals surface area contributed by atoms with Crippen LogP contribution in [0.2, 0.25) is 0 Å². The fourth-order valence-electron chi connectivity index (χ4n) is 1.76. The first-order chi connectivity index (χ1) is 8.79. The minimum Gasteiger partial charge on any atom is -0.489 e. The predicted octanol–water partition coefficient (Wildman–Crippen LogP) is 2.92. The van der Waals surface area contributed by atoms with Gasteiger partial charge in [0, 0.05) is 11.6 Å². The summed E-state index contributed by atoms with van der Waals surface area (Å²) in [5.74, 6) is 0.860. The molecule has 1 aromatic carbocycles. The van der Waals surface area contributed by atoms with Gasteiger partial charge < -0.3 is 14.6 Å². The lowest BCUT2D eigenvalue weighted by molar-refractivity contribution is 0.304. The molecule has 1 heterocycles. The number of aromatic nitrogens is 1. The van der Waals surface area contributed by atoms with Crippen LogP contribution >= 0.6 is 0 Å². The van der Waals surface area contributed by atoms with Crippen molar-refractivity contribution in [2.75, 3.05) is 6.54 Å². The lowest BCUT2D eigenvalue weighted by atomic mass is 10.1. The fourth-order valence-corrected chi connectivity index (χ4v) is 1.76. The number of nitrogens with zero attached hydrogens (tertiary/aromatic N) is 1. The van der Waals surface area contributed by atoms with Crippen molar-refractivity contribution in [3.63, 3.8) is 0 Å². The van der Waals surface area contributed by atoms with Gasteiger partial charge in [0.15, 0.2) is 0 Å². The second kappa shape index (κ2) is 6.21. The summed E-state index contributed by atoms with van der Waals surface area (Å²) in [6.07, 6.45) is 3.25. The molecule has 0 aliphatic heterocycles. The largest absolute Gasteiger partial charge is 0.489 e. The van der Waals surface area contributed by atoms with Crippen molar-refractivity contribution in [2.45, 2.75) is 26.5 Å². The third-order valence-corrected chi connectivity index (χ3v) is 2.76. The van der Waals surface area contributed by atoms with Crippen LogP contribution in [0.3, 0.4) is 0 Å². The van der Waals surface area contributed by atoms with E-state index in [1.807, 2.05) is 12.1 Å². The second-order valence-electron chi connectivity index (χ2n) is 4.17. The quantitative estimate of drug-likeness (QED) is 0.851. The van der Waals surface area contributed by atoms with Gasteiger partial charge in [0.1, 0.15) is 18.6 Å². The Hall–Kier alpha value is -1.81. The molecule has 1 N–H and O–H groups in total. The first kappa shape index (κ1) is 12.6. The number of benzene rings is 1. The van der Waals surface area contributed by atoms with E-state index in [4.69, 9.17) is 9.26 Å². The molecule has 96 valence electrons. The van der Waals surface area contributed by atoms with E-state index in [1.54, 1.807) is 12.5 Å². The van der Waals surface area contributed by atoms with Gasteiger partial charge in [0.05, 0.1) is 6.20 Å².